The van der Waals surface area contributed by atoms with Crippen LogP contribution in [0.25, 0.3) is 0 Å². The minimum absolute atomic E-state index is 0.0268. The molecule has 0 saturated carbocycles. The van der Waals surface area contributed by atoms with Gasteiger partial charge in [0.25, 0.3) is 0 Å². The van der Waals surface area contributed by atoms with Crippen LogP contribution < -0.4 is 0 Å². The van der Waals surface area contributed by atoms with Gasteiger partial charge in [0.05, 0.1) is 12.2 Å². The van der Waals surface area contributed by atoms with Crippen LogP contribution in [-0.2, 0) is 9.53 Å². The first-order valence-electron chi connectivity index (χ1n) is 5.22. The van der Waals surface area contributed by atoms with Gasteiger partial charge in [0, 0.05) is 5.92 Å². The fraction of sp³-hybridized carbons (Fsp3) is 0.385. The van der Waals surface area contributed by atoms with Crippen molar-refractivity contribution < 1.29 is 9.53 Å². The van der Waals surface area contributed by atoms with E-state index in [0.29, 0.717) is 12.2 Å². The molecule has 1 unspecified atom stereocenters. The summed E-state index contributed by atoms with van der Waals surface area (Å²) in [5.41, 5.74) is 0.582. The molecule has 1 rings (SSSR count). The van der Waals surface area contributed by atoms with Gasteiger partial charge in [-0.15, -0.1) is 6.58 Å². The molecule has 0 spiro atoms. The predicted molar refractivity (Wildman–Crippen MR) is 61.0 cm³/mol. The molecule has 0 heterocycles. The molecule has 0 aromatic heterocycles. The third-order valence-electron chi connectivity index (χ3n) is 2.26. The number of unbranched alkanes of at least 4 members (excludes halogenated alkanes) is 1. The molecule has 0 N–H and O–H groups in total. The van der Waals surface area contributed by atoms with E-state index >= 15 is 0 Å². The molecule has 2 heteroatoms. The predicted octanol–water partition coefficient (Wildman–Crippen LogP) is 2.82. The van der Waals surface area contributed by atoms with Gasteiger partial charge < -0.3 is 4.74 Å². The van der Waals surface area contributed by atoms with E-state index < -0.39 is 0 Å². The lowest BCUT2D eigenvalue weighted by molar-refractivity contribution is 0.218. The van der Waals surface area contributed by atoms with Gasteiger partial charge in [-0.3, -0.25) is 0 Å². The Balaban J connectivity index is 2.62. The van der Waals surface area contributed by atoms with Crippen LogP contribution in [-0.4, -0.2) is 12.5 Å². The Bertz CT molecular complexity index is 330. The molecule has 0 radical (unpaired) electrons. The normalized spacial score (nSPS) is 19.4. The highest BCUT2D eigenvalue weighted by atomic mass is 16.5. The zero-order chi connectivity index (χ0) is 11.1. The molecule has 2 nitrogen and oxygen atoms in total. The van der Waals surface area contributed by atoms with E-state index in [0.717, 1.165) is 18.6 Å². The average Bonchev–Trinajstić information content (AvgIpc) is 2.29. The van der Waals surface area contributed by atoms with Crippen LogP contribution in [0.2, 0.25) is 0 Å². The van der Waals surface area contributed by atoms with E-state index in [-0.39, 0.29) is 5.92 Å². The van der Waals surface area contributed by atoms with E-state index in [1.807, 2.05) is 18.1 Å². The topological polar surface area (TPSA) is 26.3 Å². The molecule has 0 aliphatic heterocycles. The van der Waals surface area contributed by atoms with Crippen LogP contribution >= 0.6 is 0 Å². The van der Waals surface area contributed by atoms with Gasteiger partial charge in [-0.25, -0.2) is 4.79 Å². The fourth-order valence-electron chi connectivity index (χ4n) is 1.33. The minimum Gasteiger partial charge on any atom is -0.494 e. The average molecular weight is 204 g/mol. The van der Waals surface area contributed by atoms with Crippen LogP contribution in [0.3, 0.4) is 0 Å². The summed E-state index contributed by atoms with van der Waals surface area (Å²) < 4.78 is 5.49. The molecule has 0 saturated heterocycles. The van der Waals surface area contributed by atoms with Crippen molar-refractivity contribution in [2.75, 3.05) is 6.61 Å². The Labute approximate surface area is 90.6 Å². The van der Waals surface area contributed by atoms with Gasteiger partial charge in [0.15, 0.2) is 0 Å². The number of carbonyl (C=O) groups excluding carboxylic acids is 1. The van der Waals surface area contributed by atoms with Crippen molar-refractivity contribution in [3.63, 3.8) is 0 Å². The van der Waals surface area contributed by atoms with Crippen molar-refractivity contribution >= 4 is 5.94 Å². The van der Waals surface area contributed by atoms with E-state index in [2.05, 4.69) is 13.5 Å². The zero-order valence-electron chi connectivity index (χ0n) is 9.03. The number of hydrogen-bond donors (Lipinski definition) is 0. The second-order valence-corrected chi connectivity index (χ2v) is 3.43. The summed E-state index contributed by atoms with van der Waals surface area (Å²) in [6, 6.07) is 0. The van der Waals surface area contributed by atoms with Gasteiger partial charge in [-0.05, 0) is 18.6 Å². The summed E-state index contributed by atoms with van der Waals surface area (Å²) in [6.45, 7) is 6.46. The highest BCUT2D eigenvalue weighted by molar-refractivity contribution is 5.62. The number of hydrogen-bond acceptors (Lipinski definition) is 2. The first-order valence-corrected chi connectivity index (χ1v) is 5.22. The number of ether oxygens (including phenoxy) is 1. The molecule has 0 aromatic rings. The van der Waals surface area contributed by atoms with Crippen LogP contribution in [0.1, 0.15) is 19.8 Å². The summed E-state index contributed by atoms with van der Waals surface area (Å²) in [5, 5.41) is 0. The van der Waals surface area contributed by atoms with Crippen molar-refractivity contribution in [2.45, 2.75) is 19.8 Å². The molecule has 80 valence electrons. The summed E-state index contributed by atoms with van der Waals surface area (Å²) >= 11 is 0. The molecule has 1 aliphatic carbocycles. The van der Waals surface area contributed by atoms with Gasteiger partial charge in [0.1, 0.15) is 11.7 Å². The monoisotopic (exact) mass is 204 g/mol. The van der Waals surface area contributed by atoms with E-state index in [1.165, 1.54) is 0 Å². The maximum absolute atomic E-state index is 10.7. The Morgan fingerprint density at radius 1 is 1.67 bits per heavy atom. The summed E-state index contributed by atoms with van der Waals surface area (Å²) in [7, 11) is 0. The Hall–Kier alpha value is -1.53. The lowest BCUT2D eigenvalue weighted by Gasteiger charge is -2.14. The molecular weight excluding hydrogens is 188 g/mol. The summed E-state index contributed by atoms with van der Waals surface area (Å²) in [6.07, 6.45) is 9.35. The first-order chi connectivity index (χ1) is 7.31. The second kappa shape index (κ2) is 6.05. The van der Waals surface area contributed by atoms with E-state index in [4.69, 9.17) is 4.74 Å². The lowest BCUT2D eigenvalue weighted by atomic mass is 9.95. The molecule has 1 aliphatic rings. The third kappa shape index (κ3) is 3.26. The fourth-order valence-corrected chi connectivity index (χ4v) is 1.33. The van der Waals surface area contributed by atoms with Crippen LogP contribution in [0, 0.1) is 5.92 Å². The van der Waals surface area contributed by atoms with Gasteiger partial charge in [-0.2, -0.15) is 0 Å². The van der Waals surface area contributed by atoms with E-state index in [9.17, 15) is 4.79 Å². The van der Waals surface area contributed by atoms with Crippen molar-refractivity contribution in [1.29, 1.82) is 0 Å². The zero-order valence-corrected chi connectivity index (χ0v) is 9.03. The highest BCUT2D eigenvalue weighted by Gasteiger charge is 2.12. The number of rotatable bonds is 5. The Kier molecular flexibility index (Phi) is 4.65. The standard InChI is InChI=1S/C13H16O2/c1-3-5-8-15-13-7-6-11(4-2)12(9-13)10-14/h4,6-7,9,11H,2-3,5,8H2,1H3. The van der Waals surface area contributed by atoms with Crippen LogP contribution in [0.4, 0.5) is 0 Å². The largest absolute Gasteiger partial charge is 0.494 e. The molecular formula is C13H16O2. The van der Waals surface area contributed by atoms with Gasteiger partial charge in [-0.1, -0.05) is 25.5 Å². The summed E-state index contributed by atoms with van der Waals surface area (Å²) in [4.78, 5) is 10.7. The first kappa shape index (κ1) is 11.5. The number of allylic oxidation sites excluding steroid dienone is 5. The maximum Gasteiger partial charge on any atom is 0.129 e. The second-order valence-electron chi connectivity index (χ2n) is 3.43. The third-order valence-corrected chi connectivity index (χ3v) is 2.26. The van der Waals surface area contributed by atoms with Crippen molar-refractivity contribution in [3.05, 3.63) is 42.2 Å². The van der Waals surface area contributed by atoms with E-state index in [1.54, 1.807) is 12.2 Å². The SMILES string of the molecule is C=CC1C=CC(OCCCC)=CC1=C=O. The van der Waals surface area contributed by atoms with Crippen LogP contribution in [0.5, 0.6) is 0 Å². The minimum atomic E-state index is -0.0268. The summed E-state index contributed by atoms with van der Waals surface area (Å²) in [5.74, 6) is 2.62. The smallest absolute Gasteiger partial charge is 0.129 e. The molecule has 0 fully saturated rings. The van der Waals surface area contributed by atoms with Crippen molar-refractivity contribution in [2.24, 2.45) is 5.92 Å². The molecule has 15 heavy (non-hydrogen) atoms. The lowest BCUT2D eigenvalue weighted by Crippen LogP contribution is -2.04. The van der Waals surface area contributed by atoms with Crippen LogP contribution in [0.15, 0.2) is 42.2 Å². The van der Waals surface area contributed by atoms with Gasteiger partial charge in [0.2, 0.25) is 0 Å². The molecule has 0 bridgehead atoms. The Morgan fingerprint density at radius 3 is 3.07 bits per heavy atom. The molecule has 0 amide bonds. The molecule has 0 aromatic carbocycles. The maximum atomic E-state index is 10.7. The van der Waals surface area contributed by atoms with Crippen molar-refractivity contribution in [3.8, 4) is 0 Å². The molecule has 1 atom stereocenters. The highest BCUT2D eigenvalue weighted by Crippen LogP contribution is 2.21. The Morgan fingerprint density at radius 2 is 2.47 bits per heavy atom. The van der Waals surface area contributed by atoms with Crippen molar-refractivity contribution in [1.82, 2.24) is 0 Å². The van der Waals surface area contributed by atoms with Gasteiger partial charge >= 0.3 is 0 Å². The quantitative estimate of drug-likeness (QED) is 0.391.